The number of methoxy groups -OCH3 is 1. The maximum Gasteiger partial charge on any atom is 0.303 e. The number of carbonyl (C=O) groups excluding carboxylic acids is 4. The number of hydrogen-bond donors (Lipinski definition) is 0. The van der Waals surface area contributed by atoms with E-state index < -0.39 is 52.9 Å². The number of thioether (sulfide) groups is 1. The van der Waals surface area contributed by atoms with Crippen molar-refractivity contribution >= 4 is 35.6 Å². The minimum absolute atomic E-state index is 0.00850. The molecule has 43 heavy (non-hydrogen) atoms. The summed E-state index contributed by atoms with van der Waals surface area (Å²) in [4.78, 5) is 48.2. The summed E-state index contributed by atoms with van der Waals surface area (Å²) in [5.74, 6) is -1.67. The zero-order valence-corrected chi connectivity index (χ0v) is 26.0. The minimum atomic E-state index is -1.25. The van der Waals surface area contributed by atoms with Crippen molar-refractivity contribution < 1.29 is 52.3 Å². The van der Waals surface area contributed by atoms with E-state index in [0.29, 0.717) is 17.9 Å². The molecule has 1 aliphatic rings. The molecule has 0 spiro atoms. The molecule has 12 heteroatoms. The summed E-state index contributed by atoms with van der Waals surface area (Å²) in [6.45, 7) is 6.76. The Morgan fingerprint density at radius 3 is 1.95 bits per heavy atom. The number of rotatable bonds is 13. The molecule has 1 fully saturated rings. The van der Waals surface area contributed by atoms with Crippen molar-refractivity contribution in [2.24, 2.45) is 0 Å². The number of carbonyl (C=O) groups is 4. The third kappa shape index (κ3) is 10.2. The molecule has 0 radical (unpaired) electrons. The molecule has 1 aliphatic heterocycles. The average molecular weight is 619 g/mol. The van der Waals surface area contributed by atoms with Gasteiger partial charge < -0.3 is 33.2 Å². The van der Waals surface area contributed by atoms with Crippen LogP contribution in [0.15, 0.2) is 42.5 Å². The second-order valence-corrected chi connectivity index (χ2v) is 11.2. The van der Waals surface area contributed by atoms with Crippen molar-refractivity contribution in [3.05, 3.63) is 59.2 Å². The molecule has 2 aromatic rings. The van der Waals surface area contributed by atoms with Gasteiger partial charge in [-0.25, -0.2) is 0 Å². The van der Waals surface area contributed by atoms with Crippen molar-refractivity contribution in [1.29, 1.82) is 0 Å². The molecular weight excluding hydrogens is 580 g/mol. The summed E-state index contributed by atoms with van der Waals surface area (Å²) in [6.07, 6.45) is -2.12. The van der Waals surface area contributed by atoms with Gasteiger partial charge >= 0.3 is 23.9 Å². The Morgan fingerprint density at radius 1 is 0.767 bits per heavy atom. The van der Waals surface area contributed by atoms with E-state index >= 15 is 0 Å². The van der Waals surface area contributed by atoms with Crippen molar-refractivity contribution in [2.45, 2.75) is 76.5 Å². The van der Waals surface area contributed by atoms with Gasteiger partial charge in [-0.15, -0.1) is 11.8 Å². The largest absolute Gasteiger partial charge is 0.475 e. The van der Waals surface area contributed by atoms with E-state index in [2.05, 4.69) is 19.1 Å². The fourth-order valence-electron chi connectivity index (χ4n) is 4.53. The first kappa shape index (κ1) is 33.7. The standard InChI is InChI=1S/C31H38O11S/c1-7-22-8-10-23(11-9-22)14-24-12-13-25(38-17-36-6)15-26(24)42-31-30(41-21(5)35)29(40-20(4)34)28(39-19(3)33)27(43-31)16-37-18(2)32/h8-13,15,27-31H,7,14,16-17H2,1-6H3/t27-,28+,29-,30+,31-/m0/s1. The van der Waals surface area contributed by atoms with E-state index in [4.69, 9.17) is 33.2 Å². The van der Waals surface area contributed by atoms with Crippen molar-refractivity contribution in [3.63, 3.8) is 0 Å². The van der Waals surface area contributed by atoms with Gasteiger partial charge in [0.1, 0.15) is 18.1 Å². The highest BCUT2D eigenvalue weighted by atomic mass is 32.2. The Kier molecular flexibility index (Phi) is 12.7. The molecule has 0 bridgehead atoms. The van der Waals surface area contributed by atoms with E-state index in [-0.39, 0.29) is 13.4 Å². The van der Waals surface area contributed by atoms with Crippen LogP contribution in [0, 0.1) is 0 Å². The van der Waals surface area contributed by atoms with Gasteiger partial charge in [0, 0.05) is 47.3 Å². The molecule has 3 rings (SSSR count). The van der Waals surface area contributed by atoms with Gasteiger partial charge in [-0.3, -0.25) is 19.2 Å². The predicted octanol–water partition coefficient (Wildman–Crippen LogP) is 4.00. The highest BCUT2D eigenvalue weighted by Crippen LogP contribution is 2.40. The molecule has 5 atom stereocenters. The summed E-state index contributed by atoms with van der Waals surface area (Å²) in [5, 5.41) is -0.730. The number of benzene rings is 2. The van der Waals surface area contributed by atoms with Crippen LogP contribution >= 0.6 is 11.8 Å². The van der Waals surface area contributed by atoms with Crippen LogP contribution in [0.1, 0.15) is 51.3 Å². The first-order valence-corrected chi connectivity index (χ1v) is 14.7. The van der Waals surface area contributed by atoms with Crippen LogP contribution in [0.25, 0.3) is 0 Å². The molecule has 0 aromatic heterocycles. The Hall–Kier alpha value is -3.77. The third-order valence-electron chi connectivity index (χ3n) is 6.40. The molecule has 234 valence electrons. The molecular formula is C31H38O11S. The fraction of sp³-hybridized carbons (Fsp3) is 0.484. The van der Waals surface area contributed by atoms with E-state index in [1.54, 1.807) is 12.1 Å². The number of aryl methyl sites for hydroxylation is 1. The third-order valence-corrected chi connectivity index (χ3v) is 7.79. The summed E-state index contributed by atoms with van der Waals surface area (Å²) < 4.78 is 39.2. The molecule has 1 saturated heterocycles. The molecule has 11 nitrogen and oxygen atoms in total. The first-order valence-electron chi connectivity index (χ1n) is 13.8. The Bertz CT molecular complexity index is 1260. The molecule has 0 aliphatic carbocycles. The summed E-state index contributed by atoms with van der Waals surface area (Å²) in [7, 11) is 1.51. The predicted molar refractivity (Wildman–Crippen MR) is 157 cm³/mol. The molecule has 0 amide bonds. The number of ether oxygens (including phenoxy) is 7. The first-order chi connectivity index (χ1) is 20.5. The molecule has 0 unspecified atom stereocenters. The van der Waals surface area contributed by atoms with Crippen LogP contribution in [0.5, 0.6) is 11.5 Å². The quantitative estimate of drug-likeness (QED) is 0.183. The maximum absolute atomic E-state index is 12.3. The Labute approximate surface area is 255 Å². The van der Waals surface area contributed by atoms with E-state index in [0.717, 1.165) is 29.3 Å². The average Bonchev–Trinajstić information content (AvgIpc) is 2.94. The topological polar surface area (TPSA) is 133 Å². The summed E-state index contributed by atoms with van der Waals surface area (Å²) in [5.41, 5.74) is 2.09. The van der Waals surface area contributed by atoms with Crippen LogP contribution in [0.3, 0.4) is 0 Å². The van der Waals surface area contributed by atoms with Crippen LogP contribution < -0.4 is 9.47 Å². The second kappa shape index (κ2) is 16.2. The molecule has 0 N–H and O–H groups in total. The molecule has 1 heterocycles. The fourth-order valence-corrected chi connectivity index (χ4v) is 5.91. The summed E-state index contributed by atoms with van der Waals surface area (Å²) in [6, 6.07) is 13.6. The van der Waals surface area contributed by atoms with Crippen molar-refractivity contribution in [2.75, 3.05) is 20.5 Å². The lowest BCUT2D eigenvalue weighted by Crippen LogP contribution is -2.59. The molecule has 0 saturated carbocycles. The van der Waals surface area contributed by atoms with Crippen molar-refractivity contribution in [3.8, 4) is 11.5 Å². The number of esters is 4. The minimum Gasteiger partial charge on any atom is -0.475 e. The van der Waals surface area contributed by atoms with Gasteiger partial charge in [0.15, 0.2) is 30.5 Å². The van der Waals surface area contributed by atoms with Crippen LogP contribution in [0.4, 0.5) is 0 Å². The lowest BCUT2D eigenvalue weighted by Gasteiger charge is -2.43. The van der Waals surface area contributed by atoms with Gasteiger partial charge in [0.25, 0.3) is 0 Å². The lowest BCUT2D eigenvalue weighted by molar-refractivity contribution is -0.190. The van der Waals surface area contributed by atoms with Gasteiger partial charge in [0.2, 0.25) is 0 Å². The van der Waals surface area contributed by atoms with E-state index in [1.807, 2.05) is 18.2 Å². The van der Waals surface area contributed by atoms with Crippen LogP contribution in [-0.4, -0.2) is 73.4 Å². The van der Waals surface area contributed by atoms with E-state index in [1.165, 1.54) is 40.4 Å². The second-order valence-electron chi connectivity index (χ2n) is 9.85. The lowest BCUT2D eigenvalue weighted by atomic mass is 10.0. The van der Waals surface area contributed by atoms with Crippen molar-refractivity contribution in [1.82, 2.24) is 0 Å². The zero-order valence-electron chi connectivity index (χ0n) is 25.2. The molecule has 2 aromatic carbocycles. The maximum atomic E-state index is 12.3. The van der Waals surface area contributed by atoms with Crippen LogP contribution in [0.2, 0.25) is 0 Å². The monoisotopic (exact) mass is 618 g/mol. The Balaban J connectivity index is 2.06. The Morgan fingerprint density at radius 2 is 1.37 bits per heavy atom. The highest BCUT2D eigenvalue weighted by Gasteiger charge is 2.53. The number of hydrogen-bond acceptors (Lipinski definition) is 12. The zero-order chi connectivity index (χ0) is 31.5. The van der Waals surface area contributed by atoms with Gasteiger partial charge in [-0.05, 0) is 29.2 Å². The normalized spacial score (nSPS) is 21.3. The van der Waals surface area contributed by atoms with Gasteiger partial charge in [-0.2, -0.15) is 0 Å². The van der Waals surface area contributed by atoms with Gasteiger partial charge in [0.05, 0.1) is 5.25 Å². The van der Waals surface area contributed by atoms with Crippen LogP contribution in [-0.2, 0) is 55.7 Å². The van der Waals surface area contributed by atoms with Gasteiger partial charge in [-0.1, -0.05) is 37.3 Å². The summed E-state index contributed by atoms with van der Waals surface area (Å²) >= 11 is 1.13. The SMILES string of the molecule is CCc1ccc(Cc2ccc(OCOC)cc2O[C@H]2S[C@@H](COC(C)=O)[C@@H](OC(C)=O)[C@H](OC(C)=O)[C@H]2OC(C)=O)cc1. The highest BCUT2D eigenvalue weighted by molar-refractivity contribution is 8.00. The smallest absolute Gasteiger partial charge is 0.303 e. The van der Waals surface area contributed by atoms with E-state index in [9.17, 15) is 19.2 Å².